The molecule has 0 fully saturated rings. The third-order valence-electron chi connectivity index (χ3n) is 2.26. The van der Waals surface area contributed by atoms with Gasteiger partial charge in [-0.15, -0.1) is 0 Å². The van der Waals surface area contributed by atoms with Gasteiger partial charge in [0.2, 0.25) is 0 Å². The zero-order chi connectivity index (χ0) is 11.5. The number of hydrogen-bond acceptors (Lipinski definition) is 1. The molecule has 0 aliphatic heterocycles. The van der Waals surface area contributed by atoms with Crippen molar-refractivity contribution in [3.05, 3.63) is 35.4 Å². The summed E-state index contributed by atoms with van der Waals surface area (Å²) in [7, 11) is 0. The maximum atomic E-state index is 3.41. The summed E-state index contributed by atoms with van der Waals surface area (Å²) in [5.41, 5.74) is 2.87. The van der Waals surface area contributed by atoms with E-state index in [9.17, 15) is 0 Å². The van der Waals surface area contributed by atoms with Gasteiger partial charge in [0, 0.05) is 0 Å². The molecule has 86 valence electrons. The molecule has 0 atom stereocenters. The van der Waals surface area contributed by atoms with Crippen LogP contribution in [-0.2, 0) is 6.42 Å². The number of benzene rings is 1. The van der Waals surface area contributed by atoms with Crippen molar-refractivity contribution in [1.82, 2.24) is 5.32 Å². The fraction of sp³-hybridized carbons (Fsp3) is 0.571. The van der Waals surface area contributed by atoms with Gasteiger partial charge in [-0.1, -0.05) is 45.0 Å². The van der Waals surface area contributed by atoms with E-state index in [0.29, 0.717) is 0 Å². The van der Waals surface area contributed by atoms with Crippen LogP contribution in [0.3, 0.4) is 0 Å². The Balaban J connectivity index is 0.000000921. The SMILES string of the molecule is CC.CCCNCCc1ccccc1C. The maximum Gasteiger partial charge on any atom is -0.000825 e. The first-order valence-corrected chi connectivity index (χ1v) is 6.10. The smallest absolute Gasteiger partial charge is 0.000825 e. The second kappa shape index (κ2) is 9.72. The third-order valence-corrected chi connectivity index (χ3v) is 2.26. The van der Waals surface area contributed by atoms with Crippen molar-refractivity contribution in [3.8, 4) is 0 Å². The molecule has 0 aliphatic carbocycles. The first-order valence-electron chi connectivity index (χ1n) is 6.10. The Morgan fingerprint density at radius 2 is 1.73 bits per heavy atom. The van der Waals surface area contributed by atoms with Gasteiger partial charge in [-0.3, -0.25) is 0 Å². The molecule has 0 heterocycles. The lowest BCUT2D eigenvalue weighted by Crippen LogP contribution is -2.18. The molecular formula is C14H25N. The van der Waals surface area contributed by atoms with Gasteiger partial charge < -0.3 is 5.32 Å². The molecule has 1 aromatic rings. The van der Waals surface area contributed by atoms with Crippen LogP contribution in [0.15, 0.2) is 24.3 Å². The minimum absolute atomic E-state index is 1.10. The Hall–Kier alpha value is -0.820. The molecule has 0 spiro atoms. The third kappa shape index (κ3) is 6.29. The fourth-order valence-corrected chi connectivity index (χ4v) is 1.42. The molecule has 0 bridgehead atoms. The maximum absolute atomic E-state index is 3.41. The van der Waals surface area contributed by atoms with E-state index in [4.69, 9.17) is 0 Å². The second-order valence-electron chi connectivity index (χ2n) is 3.43. The Kier molecular flexibility index (Phi) is 9.19. The fourth-order valence-electron chi connectivity index (χ4n) is 1.42. The molecule has 1 N–H and O–H groups in total. The van der Waals surface area contributed by atoms with Gasteiger partial charge in [0.05, 0.1) is 0 Å². The van der Waals surface area contributed by atoms with Gasteiger partial charge in [-0.05, 0) is 44.0 Å². The Morgan fingerprint density at radius 1 is 1.07 bits per heavy atom. The first kappa shape index (κ1) is 14.2. The van der Waals surface area contributed by atoms with E-state index in [0.717, 1.165) is 19.5 Å². The predicted octanol–water partition coefficient (Wildman–Crippen LogP) is 3.56. The summed E-state index contributed by atoms with van der Waals surface area (Å²) in [5.74, 6) is 0. The zero-order valence-corrected chi connectivity index (χ0v) is 10.6. The highest BCUT2D eigenvalue weighted by Crippen LogP contribution is 2.06. The minimum atomic E-state index is 1.10. The monoisotopic (exact) mass is 207 g/mol. The highest BCUT2D eigenvalue weighted by Gasteiger charge is 1.95. The van der Waals surface area contributed by atoms with Crippen molar-refractivity contribution in [1.29, 1.82) is 0 Å². The topological polar surface area (TPSA) is 12.0 Å². The standard InChI is InChI=1S/C12H19N.C2H6/c1-3-9-13-10-8-12-7-5-4-6-11(12)2;1-2/h4-7,13H,3,8-10H2,1-2H3;1-2H3. The van der Waals surface area contributed by atoms with Crippen LogP contribution < -0.4 is 5.32 Å². The average molecular weight is 207 g/mol. The van der Waals surface area contributed by atoms with Gasteiger partial charge in [0.15, 0.2) is 0 Å². The Morgan fingerprint density at radius 3 is 2.33 bits per heavy atom. The van der Waals surface area contributed by atoms with E-state index < -0.39 is 0 Å². The number of rotatable bonds is 5. The molecule has 1 rings (SSSR count). The summed E-state index contributed by atoms with van der Waals surface area (Å²) in [4.78, 5) is 0. The van der Waals surface area contributed by atoms with Crippen LogP contribution in [0, 0.1) is 6.92 Å². The second-order valence-corrected chi connectivity index (χ2v) is 3.43. The van der Waals surface area contributed by atoms with Crippen LogP contribution in [0.4, 0.5) is 0 Å². The van der Waals surface area contributed by atoms with Crippen molar-refractivity contribution in [2.24, 2.45) is 0 Å². The van der Waals surface area contributed by atoms with Gasteiger partial charge in [0.1, 0.15) is 0 Å². The summed E-state index contributed by atoms with van der Waals surface area (Å²) >= 11 is 0. The van der Waals surface area contributed by atoms with Crippen molar-refractivity contribution in [3.63, 3.8) is 0 Å². The van der Waals surface area contributed by atoms with E-state index in [1.165, 1.54) is 17.5 Å². The summed E-state index contributed by atoms with van der Waals surface area (Å²) in [6, 6.07) is 8.60. The highest BCUT2D eigenvalue weighted by atomic mass is 14.8. The molecule has 15 heavy (non-hydrogen) atoms. The normalized spacial score (nSPS) is 9.33. The van der Waals surface area contributed by atoms with Gasteiger partial charge in [-0.2, -0.15) is 0 Å². The molecule has 0 aromatic heterocycles. The van der Waals surface area contributed by atoms with E-state index in [1.54, 1.807) is 0 Å². The molecular weight excluding hydrogens is 182 g/mol. The molecule has 1 heteroatoms. The lowest BCUT2D eigenvalue weighted by Gasteiger charge is -2.05. The van der Waals surface area contributed by atoms with Crippen LogP contribution in [0.25, 0.3) is 0 Å². The highest BCUT2D eigenvalue weighted by molar-refractivity contribution is 5.25. The van der Waals surface area contributed by atoms with E-state index in [1.807, 2.05) is 13.8 Å². The van der Waals surface area contributed by atoms with Gasteiger partial charge in [-0.25, -0.2) is 0 Å². The zero-order valence-electron chi connectivity index (χ0n) is 10.6. The van der Waals surface area contributed by atoms with Gasteiger partial charge >= 0.3 is 0 Å². The molecule has 0 radical (unpaired) electrons. The lowest BCUT2D eigenvalue weighted by molar-refractivity contribution is 0.670. The van der Waals surface area contributed by atoms with Crippen LogP contribution >= 0.6 is 0 Å². The Labute approximate surface area is 94.9 Å². The van der Waals surface area contributed by atoms with Crippen molar-refractivity contribution in [2.75, 3.05) is 13.1 Å². The molecule has 0 saturated carbocycles. The molecule has 0 unspecified atom stereocenters. The van der Waals surface area contributed by atoms with Crippen molar-refractivity contribution in [2.45, 2.75) is 40.5 Å². The summed E-state index contributed by atoms with van der Waals surface area (Å²) in [6.45, 7) is 10.6. The molecule has 0 amide bonds. The Bertz CT molecular complexity index is 243. The van der Waals surface area contributed by atoms with E-state index in [2.05, 4.69) is 43.4 Å². The minimum Gasteiger partial charge on any atom is -0.316 e. The van der Waals surface area contributed by atoms with Crippen LogP contribution in [0.2, 0.25) is 0 Å². The van der Waals surface area contributed by atoms with Crippen molar-refractivity contribution >= 4 is 0 Å². The summed E-state index contributed by atoms with van der Waals surface area (Å²) < 4.78 is 0. The van der Waals surface area contributed by atoms with Gasteiger partial charge in [0.25, 0.3) is 0 Å². The molecule has 1 aromatic carbocycles. The van der Waals surface area contributed by atoms with Crippen molar-refractivity contribution < 1.29 is 0 Å². The van der Waals surface area contributed by atoms with Crippen LogP contribution in [0.5, 0.6) is 0 Å². The van der Waals surface area contributed by atoms with Crippen LogP contribution in [-0.4, -0.2) is 13.1 Å². The molecule has 1 nitrogen and oxygen atoms in total. The lowest BCUT2D eigenvalue weighted by atomic mass is 10.1. The number of nitrogens with one attached hydrogen (secondary N) is 1. The quantitative estimate of drug-likeness (QED) is 0.728. The van der Waals surface area contributed by atoms with E-state index in [-0.39, 0.29) is 0 Å². The van der Waals surface area contributed by atoms with E-state index >= 15 is 0 Å². The first-order chi connectivity index (χ1) is 7.34. The van der Waals surface area contributed by atoms with Crippen LogP contribution in [0.1, 0.15) is 38.3 Å². The number of aryl methyl sites for hydroxylation is 1. The molecule has 0 saturated heterocycles. The average Bonchev–Trinajstić information content (AvgIpc) is 2.29. The largest absolute Gasteiger partial charge is 0.316 e. The summed E-state index contributed by atoms with van der Waals surface area (Å²) in [5, 5.41) is 3.41. The molecule has 0 aliphatic rings. The summed E-state index contributed by atoms with van der Waals surface area (Å²) in [6.07, 6.45) is 2.36. The predicted molar refractivity (Wildman–Crippen MR) is 69.4 cm³/mol. The number of hydrogen-bond donors (Lipinski definition) is 1.